The average Bonchev–Trinajstić information content (AvgIpc) is 3.31. The number of aliphatic hydroxyl groups is 2. The normalized spacial score (nSPS) is 28.6. The first kappa shape index (κ1) is 46.0. The summed E-state index contributed by atoms with van der Waals surface area (Å²) < 4.78 is 87.5. The largest absolute Gasteiger partial charge is 0.469 e. The average molecular weight is 996 g/mol. The van der Waals surface area contributed by atoms with Crippen LogP contribution >= 0.6 is 22.6 Å². The summed E-state index contributed by atoms with van der Waals surface area (Å²) in [5.74, 6) is -1.70. The van der Waals surface area contributed by atoms with Crippen molar-refractivity contribution in [3.05, 3.63) is 108 Å². The zero-order valence-corrected chi connectivity index (χ0v) is 37.8. The Morgan fingerprint density at radius 3 is 1.71 bits per heavy atom. The number of carbonyl (C=O) groups is 3. The van der Waals surface area contributed by atoms with Crippen LogP contribution < -0.4 is 0 Å². The molecular weight excluding hydrogens is 931 g/mol. The Hall–Kier alpha value is -3.56. The number of alkyl halides is 1. The standard InChI is InChI=1S/C47H61IO15/c1-31(49)56-30-36-39(57-27-33-19-11-8-12-20-33)42(58-28-34-21-13-9-14-22-34)43(59-29-35-23-15-10-16-24-35)47(61-36)63-44-40(60-32(2)50)38(52)41(45(48)53)62-46(44)55-26-18-7-5-4-6-17-25-37(51)54-3/h8-16,19-24,36,38-47,52-53H,4-7,17-18,25-30H2,1-3H3/t36-,38+,39-,40+,41+,42+,43-,44-,45?,46+,47?/m1/s1/i27D,28D,29D/t27?,28?,29?,36-,38+,39-,40+,41+,42+,43-,44-,45?,46+,47?. The van der Waals surface area contributed by atoms with E-state index in [2.05, 4.69) is 0 Å². The summed E-state index contributed by atoms with van der Waals surface area (Å²) in [6.07, 6.45) is -9.57. The molecule has 14 atom stereocenters. The lowest BCUT2D eigenvalue weighted by molar-refractivity contribution is -0.377. The van der Waals surface area contributed by atoms with Crippen LogP contribution in [-0.2, 0) is 81.5 Å². The van der Waals surface area contributed by atoms with Crippen LogP contribution in [0, 0.1) is 0 Å². The molecule has 2 heterocycles. The molecule has 0 amide bonds. The van der Waals surface area contributed by atoms with Crippen molar-refractivity contribution in [1.29, 1.82) is 0 Å². The number of esters is 3. The monoisotopic (exact) mass is 995 g/mol. The summed E-state index contributed by atoms with van der Waals surface area (Å²) in [7, 11) is 1.36. The van der Waals surface area contributed by atoms with E-state index in [1.54, 1.807) is 114 Å². The molecule has 2 aliphatic heterocycles. The van der Waals surface area contributed by atoms with Gasteiger partial charge in [-0.2, -0.15) is 0 Å². The van der Waals surface area contributed by atoms with Gasteiger partial charge in [0.15, 0.2) is 24.8 Å². The predicted molar refractivity (Wildman–Crippen MR) is 236 cm³/mol. The van der Waals surface area contributed by atoms with Crippen molar-refractivity contribution in [2.45, 2.75) is 144 Å². The molecule has 2 aliphatic rings. The summed E-state index contributed by atoms with van der Waals surface area (Å²) in [5.41, 5.74) is 1.35. The number of halogens is 1. The molecule has 0 bridgehead atoms. The predicted octanol–water partition coefficient (Wildman–Crippen LogP) is 6.11. The van der Waals surface area contributed by atoms with E-state index in [1.165, 1.54) is 14.0 Å². The Bertz CT molecular complexity index is 1890. The van der Waals surface area contributed by atoms with Crippen LogP contribution in [0.4, 0.5) is 0 Å². The Labute approximate surface area is 387 Å². The fourth-order valence-corrected chi connectivity index (χ4v) is 7.66. The van der Waals surface area contributed by atoms with Gasteiger partial charge in [0.25, 0.3) is 0 Å². The third kappa shape index (κ3) is 16.4. The van der Waals surface area contributed by atoms with Crippen molar-refractivity contribution in [1.82, 2.24) is 0 Å². The minimum absolute atomic E-state index is 0.118. The minimum Gasteiger partial charge on any atom is -0.469 e. The zero-order chi connectivity index (χ0) is 47.6. The van der Waals surface area contributed by atoms with Gasteiger partial charge in [-0.3, -0.25) is 14.4 Å². The second-order valence-corrected chi connectivity index (χ2v) is 16.3. The molecule has 2 N–H and O–H groups in total. The molecule has 346 valence electrons. The van der Waals surface area contributed by atoms with E-state index in [0.29, 0.717) is 36.0 Å². The van der Waals surface area contributed by atoms with Crippen molar-refractivity contribution >= 4 is 40.5 Å². The first-order valence-corrected chi connectivity index (χ1v) is 22.4. The summed E-state index contributed by atoms with van der Waals surface area (Å²) in [4.78, 5) is 36.6. The SMILES string of the molecule is [2H]C(O[C@H]1[C@H](OC([2H])c2ccccc2)[C@@H](OC([2H])c2ccccc2)C(O[C@H]2[C@@H](OCCCCCCCCC(=O)OC)O[C@H](C(O)I)[C@@H](O)[C@@H]2OC(C)=O)O[C@@H]1COC(C)=O)c1ccccc1. The molecule has 15 nitrogen and oxygen atoms in total. The molecule has 0 radical (unpaired) electrons. The lowest BCUT2D eigenvalue weighted by Gasteiger charge is -2.49. The van der Waals surface area contributed by atoms with Gasteiger partial charge in [-0.1, -0.05) is 117 Å². The van der Waals surface area contributed by atoms with Gasteiger partial charge >= 0.3 is 17.9 Å². The van der Waals surface area contributed by atoms with Gasteiger partial charge in [-0.15, -0.1) is 0 Å². The maximum atomic E-state index is 12.7. The quantitative estimate of drug-likeness (QED) is 0.0326. The lowest BCUT2D eigenvalue weighted by Crippen LogP contribution is -2.66. The molecule has 3 aromatic rings. The minimum atomic E-state index is -1.66. The van der Waals surface area contributed by atoms with Crippen molar-refractivity contribution < 1.29 is 76.1 Å². The van der Waals surface area contributed by atoms with Gasteiger partial charge < -0.3 is 57.6 Å². The third-order valence-corrected chi connectivity index (χ3v) is 10.9. The van der Waals surface area contributed by atoms with Gasteiger partial charge in [0.1, 0.15) is 47.3 Å². The van der Waals surface area contributed by atoms with Gasteiger partial charge in [0.2, 0.25) is 0 Å². The van der Waals surface area contributed by atoms with E-state index in [9.17, 15) is 27.3 Å². The van der Waals surface area contributed by atoms with Gasteiger partial charge in [0, 0.05) is 26.9 Å². The van der Waals surface area contributed by atoms with E-state index in [1.807, 2.05) is 0 Å². The van der Waals surface area contributed by atoms with Crippen molar-refractivity contribution in [2.24, 2.45) is 0 Å². The number of benzene rings is 3. The second-order valence-electron chi connectivity index (χ2n) is 15.1. The van der Waals surface area contributed by atoms with Gasteiger partial charge in [0.05, 0.1) is 31.0 Å². The number of hydrogen-bond donors (Lipinski definition) is 2. The van der Waals surface area contributed by atoms with Crippen LogP contribution in [0.5, 0.6) is 0 Å². The fraction of sp³-hybridized carbons (Fsp3) is 0.553. The Morgan fingerprint density at radius 1 is 0.667 bits per heavy atom. The van der Waals surface area contributed by atoms with Crippen molar-refractivity contribution in [2.75, 3.05) is 20.3 Å². The first-order valence-electron chi connectivity index (χ1n) is 22.8. The zero-order valence-electron chi connectivity index (χ0n) is 38.7. The van der Waals surface area contributed by atoms with E-state index in [0.717, 1.165) is 32.6 Å². The molecule has 0 aliphatic carbocycles. The molecular formula is C47H61IO15. The fourth-order valence-electron chi connectivity index (χ4n) is 7.07. The molecule has 0 spiro atoms. The number of carbonyl (C=O) groups excluding carboxylic acids is 3. The highest BCUT2D eigenvalue weighted by Crippen LogP contribution is 2.36. The Balaban J connectivity index is 1.53. The van der Waals surface area contributed by atoms with Crippen molar-refractivity contribution in [3.8, 4) is 0 Å². The lowest BCUT2D eigenvalue weighted by atomic mass is 9.96. The van der Waals surface area contributed by atoms with Crippen LogP contribution in [0.25, 0.3) is 0 Å². The van der Waals surface area contributed by atoms with Crippen LogP contribution in [0.3, 0.4) is 0 Å². The highest BCUT2D eigenvalue weighted by molar-refractivity contribution is 14.1. The topological polar surface area (TPSA) is 184 Å². The van der Waals surface area contributed by atoms with Gasteiger partial charge in [-0.05, 0) is 52.1 Å². The summed E-state index contributed by atoms with van der Waals surface area (Å²) in [6.45, 7) is -2.15. The maximum absolute atomic E-state index is 12.7. The molecule has 16 heteroatoms. The summed E-state index contributed by atoms with van der Waals surface area (Å²) >= 11 is 1.67. The van der Waals surface area contributed by atoms with Crippen LogP contribution in [0.15, 0.2) is 91.0 Å². The van der Waals surface area contributed by atoms with Gasteiger partial charge in [-0.25, -0.2) is 0 Å². The molecule has 63 heavy (non-hydrogen) atoms. The van der Waals surface area contributed by atoms with E-state index in [4.69, 9.17) is 48.7 Å². The number of unbranched alkanes of at least 4 members (excludes halogenated alkanes) is 5. The third-order valence-electron chi connectivity index (χ3n) is 10.2. The molecule has 3 aromatic carbocycles. The van der Waals surface area contributed by atoms with Crippen LogP contribution in [0.1, 0.15) is 79.6 Å². The summed E-state index contributed by atoms with van der Waals surface area (Å²) in [5, 5.41) is 22.4. The molecule has 0 saturated carbocycles. The van der Waals surface area contributed by atoms with E-state index in [-0.39, 0.29) is 12.6 Å². The van der Waals surface area contributed by atoms with Crippen LogP contribution in [0.2, 0.25) is 0 Å². The maximum Gasteiger partial charge on any atom is 0.305 e. The van der Waals surface area contributed by atoms with E-state index < -0.39 is 104 Å². The van der Waals surface area contributed by atoms with Crippen molar-refractivity contribution in [3.63, 3.8) is 0 Å². The molecule has 5 unspecified atom stereocenters. The first-order chi connectivity index (χ1) is 31.8. The van der Waals surface area contributed by atoms with E-state index >= 15 is 0 Å². The Morgan fingerprint density at radius 2 is 1.19 bits per heavy atom. The molecule has 0 aromatic heterocycles. The Kier molecular flexibility index (Phi) is 19.7. The number of aliphatic hydroxyl groups excluding tert-OH is 2. The number of rotatable bonds is 25. The number of ether oxygens (including phenoxy) is 10. The number of hydrogen-bond acceptors (Lipinski definition) is 15. The molecule has 2 fully saturated rings. The molecule has 2 saturated heterocycles. The smallest absolute Gasteiger partial charge is 0.305 e. The highest BCUT2D eigenvalue weighted by atomic mass is 127. The number of methoxy groups -OCH3 is 1. The molecule has 5 rings (SSSR count). The second kappa shape index (κ2) is 27.0. The summed E-state index contributed by atoms with van der Waals surface area (Å²) in [6, 6.07) is 25.9. The van der Waals surface area contributed by atoms with Crippen LogP contribution in [-0.4, -0.2) is 114 Å². The highest BCUT2D eigenvalue weighted by Gasteiger charge is 2.55.